The van der Waals surface area contributed by atoms with Crippen molar-refractivity contribution >= 4 is 44.4 Å². The Kier molecular flexibility index (Phi) is 8.17. The van der Waals surface area contributed by atoms with Crippen molar-refractivity contribution in [1.82, 2.24) is 24.9 Å². The molecule has 0 aliphatic heterocycles. The van der Waals surface area contributed by atoms with Crippen molar-refractivity contribution in [1.29, 1.82) is 0 Å². The fourth-order valence-electron chi connectivity index (χ4n) is 3.97. The van der Waals surface area contributed by atoms with Gasteiger partial charge in [-0.05, 0) is 45.4 Å². The van der Waals surface area contributed by atoms with Gasteiger partial charge in [-0.25, -0.2) is 34.1 Å². The van der Waals surface area contributed by atoms with Crippen molar-refractivity contribution in [2.75, 3.05) is 11.9 Å². The van der Waals surface area contributed by atoms with Crippen molar-refractivity contribution in [3.63, 3.8) is 0 Å². The molecule has 2 N–H and O–H groups in total. The van der Waals surface area contributed by atoms with E-state index < -0.39 is 24.1 Å². The van der Waals surface area contributed by atoms with Gasteiger partial charge >= 0.3 is 6.09 Å². The third kappa shape index (κ3) is 6.31. The summed E-state index contributed by atoms with van der Waals surface area (Å²) in [6, 6.07) is 6.81. The van der Waals surface area contributed by atoms with Crippen LogP contribution in [0, 0.1) is 12.7 Å². The van der Waals surface area contributed by atoms with Gasteiger partial charge in [-0.3, -0.25) is 5.32 Å². The second kappa shape index (κ2) is 11.9. The summed E-state index contributed by atoms with van der Waals surface area (Å²) in [7, 11) is 0. The third-order valence-corrected chi connectivity index (χ3v) is 7.15. The van der Waals surface area contributed by atoms with Gasteiger partial charge in [-0.1, -0.05) is 0 Å². The minimum absolute atomic E-state index is 0.0132. The van der Waals surface area contributed by atoms with Gasteiger partial charge in [0, 0.05) is 17.7 Å². The molecule has 3 aromatic heterocycles. The van der Waals surface area contributed by atoms with E-state index in [1.54, 1.807) is 26.1 Å². The first-order chi connectivity index (χ1) is 19.7. The van der Waals surface area contributed by atoms with Crippen molar-refractivity contribution in [2.45, 2.75) is 46.5 Å². The lowest BCUT2D eigenvalue weighted by atomic mass is 10.1. The summed E-state index contributed by atoms with van der Waals surface area (Å²) in [5.74, 6) is 0.0946. The van der Waals surface area contributed by atoms with Gasteiger partial charge in [0.15, 0.2) is 17.4 Å². The van der Waals surface area contributed by atoms with Crippen LogP contribution in [0.3, 0.4) is 0 Å². The van der Waals surface area contributed by atoms with Crippen LogP contribution in [-0.4, -0.2) is 54.9 Å². The van der Waals surface area contributed by atoms with E-state index in [0.29, 0.717) is 39.7 Å². The van der Waals surface area contributed by atoms with Gasteiger partial charge in [-0.15, -0.1) is 11.3 Å². The van der Waals surface area contributed by atoms with E-state index in [1.807, 2.05) is 26.0 Å². The standard InChI is InChI=1S/C28H27FN6O5S/c1-5-38-25-12-32-26-18(6-14(2)7-21(26)34-25)27-35-20-8-19(29)22(9-23(20)41-27)39-15(3)16(4)40-28(37)33-17-10-30-24(13-36)31-11-17/h6-12,15-16,36H,5,13H2,1-4H3,(H,33,37)/t15-,16+/m0/s1. The van der Waals surface area contributed by atoms with Crippen LogP contribution < -0.4 is 14.8 Å². The first kappa shape index (κ1) is 28.1. The fourth-order valence-corrected chi connectivity index (χ4v) is 4.97. The van der Waals surface area contributed by atoms with Gasteiger partial charge in [0.05, 0.1) is 52.1 Å². The van der Waals surface area contributed by atoms with Gasteiger partial charge < -0.3 is 19.3 Å². The number of aryl methyl sites for hydroxylation is 1. The van der Waals surface area contributed by atoms with E-state index in [1.165, 1.54) is 29.8 Å². The number of hydrogen-bond donors (Lipinski definition) is 2. The highest BCUT2D eigenvalue weighted by Gasteiger charge is 2.22. The molecule has 0 bridgehead atoms. The molecule has 5 rings (SSSR count). The topological polar surface area (TPSA) is 141 Å². The number of rotatable bonds is 9. The zero-order chi connectivity index (χ0) is 29.1. The van der Waals surface area contributed by atoms with Gasteiger partial charge in [0.25, 0.3) is 0 Å². The molecule has 13 heteroatoms. The average molecular weight is 579 g/mol. The maximum absolute atomic E-state index is 15.1. The Morgan fingerprint density at radius 3 is 2.56 bits per heavy atom. The highest BCUT2D eigenvalue weighted by molar-refractivity contribution is 7.21. The summed E-state index contributed by atoms with van der Waals surface area (Å²) in [5, 5.41) is 12.2. The van der Waals surface area contributed by atoms with Crippen molar-refractivity contribution < 1.29 is 28.5 Å². The number of carbonyl (C=O) groups is 1. The molecule has 41 heavy (non-hydrogen) atoms. The maximum atomic E-state index is 15.1. The number of aliphatic hydroxyl groups is 1. The normalized spacial score (nSPS) is 12.7. The number of carbonyl (C=O) groups excluding carboxylic acids is 1. The number of anilines is 1. The molecule has 0 saturated heterocycles. The number of halogens is 1. The number of thiazole rings is 1. The Balaban J connectivity index is 1.32. The smallest absolute Gasteiger partial charge is 0.412 e. The minimum atomic E-state index is -0.752. The number of aromatic nitrogens is 5. The van der Waals surface area contributed by atoms with Crippen LogP contribution >= 0.6 is 11.3 Å². The molecule has 0 spiro atoms. The zero-order valence-corrected chi connectivity index (χ0v) is 23.5. The molecule has 0 aliphatic rings. The lowest BCUT2D eigenvalue weighted by Crippen LogP contribution is -2.32. The van der Waals surface area contributed by atoms with Crippen molar-refractivity contribution in [3.8, 4) is 22.2 Å². The van der Waals surface area contributed by atoms with Crippen LogP contribution in [0.4, 0.5) is 14.9 Å². The molecular weight excluding hydrogens is 551 g/mol. The minimum Gasteiger partial charge on any atom is -0.484 e. The largest absolute Gasteiger partial charge is 0.484 e. The van der Waals surface area contributed by atoms with Crippen LogP contribution in [0.15, 0.2) is 42.9 Å². The fraction of sp³-hybridized carbons (Fsp3) is 0.286. The van der Waals surface area contributed by atoms with Gasteiger partial charge in [-0.2, -0.15) is 0 Å². The molecule has 212 valence electrons. The maximum Gasteiger partial charge on any atom is 0.412 e. The number of fused-ring (bicyclic) bond motifs is 2. The molecule has 2 atom stereocenters. The highest BCUT2D eigenvalue weighted by Crippen LogP contribution is 2.37. The SMILES string of the molecule is CCOc1cnc2c(-c3nc4cc(F)c(O[C@@H](C)[C@@H](C)OC(=O)Nc5cnc(CO)nc5)cc4s3)cc(C)cc2n1. The molecule has 2 aromatic carbocycles. The second-order valence-corrected chi connectivity index (χ2v) is 10.2. The molecule has 11 nitrogen and oxygen atoms in total. The summed E-state index contributed by atoms with van der Waals surface area (Å²) >= 11 is 1.38. The number of hydrogen-bond acceptors (Lipinski definition) is 11. The number of aliphatic hydroxyl groups excluding tert-OH is 1. The lowest BCUT2D eigenvalue weighted by Gasteiger charge is -2.22. The first-order valence-corrected chi connectivity index (χ1v) is 13.6. The Morgan fingerprint density at radius 1 is 1.05 bits per heavy atom. The zero-order valence-electron chi connectivity index (χ0n) is 22.7. The third-order valence-electron chi connectivity index (χ3n) is 6.09. The summed E-state index contributed by atoms with van der Waals surface area (Å²) in [5.41, 5.74) is 3.90. The highest BCUT2D eigenvalue weighted by atomic mass is 32.1. The Hall–Kier alpha value is -4.49. The molecule has 0 unspecified atom stereocenters. The Morgan fingerprint density at radius 2 is 1.83 bits per heavy atom. The summed E-state index contributed by atoms with van der Waals surface area (Å²) < 4.78 is 32.5. The predicted molar refractivity (Wildman–Crippen MR) is 152 cm³/mol. The van der Waals surface area contributed by atoms with E-state index in [2.05, 4.69) is 30.2 Å². The number of amides is 1. The number of benzene rings is 2. The number of nitrogens with one attached hydrogen (secondary N) is 1. The molecule has 5 aromatic rings. The van der Waals surface area contributed by atoms with Crippen LogP contribution in [-0.2, 0) is 11.3 Å². The quantitative estimate of drug-likeness (QED) is 0.232. The van der Waals surface area contributed by atoms with E-state index in [9.17, 15) is 4.79 Å². The van der Waals surface area contributed by atoms with Crippen LogP contribution in [0.2, 0.25) is 0 Å². The van der Waals surface area contributed by atoms with Crippen molar-refractivity contribution in [3.05, 3.63) is 60.1 Å². The number of nitrogens with zero attached hydrogens (tertiary/aromatic N) is 5. The molecule has 0 saturated carbocycles. The first-order valence-electron chi connectivity index (χ1n) is 12.8. The lowest BCUT2D eigenvalue weighted by molar-refractivity contribution is 0.0402. The van der Waals surface area contributed by atoms with E-state index in [-0.39, 0.29) is 18.2 Å². The molecule has 0 aliphatic carbocycles. The van der Waals surface area contributed by atoms with Gasteiger partial charge in [0.1, 0.15) is 23.8 Å². The molecule has 3 heterocycles. The van der Waals surface area contributed by atoms with Crippen LogP contribution in [0.1, 0.15) is 32.2 Å². The van der Waals surface area contributed by atoms with Gasteiger partial charge in [0.2, 0.25) is 5.88 Å². The van der Waals surface area contributed by atoms with E-state index in [4.69, 9.17) is 19.3 Å². The average Bonchev–Trinajstić information content (AvgIpc) is 3.35. The van der Waals surface area contributed by atoms with Crippen LogP contribution in [0.5, 0.6) is 11.6 Å². The summed E-state index contributed by atoms with van der Waals surface area (Å²) in [6.07, 6.45) is 2.13. The predicted octanol–water partition coefficient (Wildman–Crippen LogP) is 5.44. The molecule has 1 amide bonds. The Bertz CT molecular complexity index is 1710. The molecule has 0 radical (unpaired) electrons. The van der Waals surface area contributed by atoms with E-state index >= 15 is 4.39 Å². The van der Waals surface area contributed by atoms with Crippen molar-refractivity contribution in [2.24, 2.45) is 0 Å². The monoisotopic (exact) mass is 578 g/mol. The summed E-state index contributed by atoms with van der Waals surface area (Å²) in [6.45, 7) is 7.33. The number of ether oxygens (including phenoxy) is 3. The van der Waals surface area contributed by atoms with Crippen LogP contribution in [0.25, 0.3) is 31.8 Å². The molecule has 0 fully saturated rings. The Labute approximate surface area is 238 Å². The van der Waals surface area contributed by atoms with E-state index in [0.717, 1.165) is 15.8 Å². The summed E-state index contributed by atoms with van der Waals surface area (Å²) in [4.78, 5) is 33.8. The second-order valence-electron chi connectivity index (χ2n) is 9.20. The molecular formula is C28H27FN6O5S.